The maximum Gasteiger partial charge on any atom is 0.253 e. The summed E-state index contributed by atoms with van der Waals surface area (Å²) in [6.07, 6.45) is 1.67. The van der Waals surface area contributed by atoms with Crippen molar-refractivity contribution < 1.29 is 19.1 Å². The molecular formula is C20H22ClN3O4S. The molecule has 29 heavy (non-hydrogen) atoms. The topological polar surface area (TPSA) is 71.4 Å². The number of rotatable bonds is 8. The molecule has 1 aliphatic heterocycles. The smallest absolute Gasteiger partial charge is 0.253 e. The van der Waals surface area contributed by atoms with Crippen molar-refractivity contribution in [2.24, 2.45) is 4.99 Å². The predicted molar refractivity (Wildman–Crippen MR) is 115 cm³/mol. The molecular weight excluding hydrogens is 414 g/mol. The summed E-state index contributed by atoms with van der Waals surface area (Å²) in [5.41, 5.74) is 1.55. The van der Waals surface area contributed by atoms with Crippen molar-refractivity contribution in [3.63, 3.8) is 0 Å². The average molecular weight is 436 g/mol. The quantitative estimate of drug-likeness (QED) is 0.471. The lowest BCUT2D eigenvalue weighted by molar-refractivity contribution is -0.125. The Hall–Kier alpha value is -2.26. The second-order valence-electron chi connectivity index (χ2n) is 6.18. The third kappa shape index (κ3) is 5.86. The van der Waals surface area contributed by atoms with Gasteiger partial charge in [-0.1, -0.05) is 11.6 Å². The van der Waals surface area contributed by atoms with E-state index in [2.05, 4.69) is 4.99 Å². The van der Waals surface area contributed by atoms with Gasteiger partial charge in [0.1, 0.15) is 19.9 Å². The van der Waals surface area contributed by atoms with Gasteiger partial charge in [-0.3, -0.25) is 14.6 Å². The Balaban J connectivity index is 1.52. The first-order valence-electron chi connectivity index (χ1n) is 9.20. The SMILES string of the molecule is CCN(C(=O)COC/N=C/c1ccc(Cl)s1)c1ccc(N2CCOCC2=O)cc1. The van der Waals surface area contributed by atoms with Gasteiger partial charge in [0.25, 0.3) is 11.8 Å². The molecule has 0 unspecified atom stereocenters. The van der Waals surface area contributed by atoms with E-state index in [4.69, 9.17) is 21.1 Å². The summed E-state index contributed by atoms with van der Waals surface area (Å²) in [5.74, 6) is -0.219. The minimum atomic E-state index is -0.155. The van der Waals surface area contributed by atoms with Crippen molar-refractivity contribution >= 4 is 52.3 Å². The maximum atomic E-state index is 12.5. The summed E-state index contributed by atoms with van der Waals surface area (Å²) in [4.78, 5) is 32.8. The molecule has 0 aliphatic carbocycles. The van der Waals surface area contributed by atoms with E-state index in [0.29, 0.717) is 24.0 Å². The Bertz CT molecular complexity index is 869. The molecule has 1 aromatic heterocycles. The van der Waals surface area contributed by atoms with Crippen LogP contribution in [-0.4, -0.2) is 57.7 Å². The van der Waals surface area contributed by atoms with E-state index in [-0.39, 0.29) is 31.8 Å². The number of anilines is 2. The zero-order valence-electron chi connectivity index (χ0n) is 16.0. The molecule has 0 spiro atoms. The van der Waals surface area contributed by atoms with Crippen molar-refractivity contribution in [2.45, 2.75) is 6.92 Å². The zero-order valence-corrected chi connectivity index (χ0v) is 17.6. The number of carbonyl (C=O) groups is 2. The van der Waals surface area contributed by atoms with Crippen LogP contribution < -0.4 is 9.80 Å². The Morgan fingerprint density at radius 2 is 2.14 bits per heavy atom. The normalized spacial score (nSPS) is 14.6. The van der Waals surface area contributed by atoms with Crippen molar-refractivity contribution in [2.75, 3.05) is 49.4 Å². The molecule has 0 bridgehead atoms. The predicted octanol–water partition coefficient (Wildman–Crippen LogP) is 3.21. The van der Waals surface area contributed by atoms with Gasteiger partial charge in [0.05, 0.1) is 10.9 Å². The number of aliphatic imine (C=N–C) groups is 1. The monoisotopic (exact) mass is 435 g/mol. The lowest BCUT2D eigenvalue weighted by Gasteiger charge is -2.27. The van der Waals surface area contributed by atoms with Gasteiger partial charge in [-0.25, -0.2) is 0 Å². The van der Waals surface area contributed by atoms with E-state index < -0.39 is 0 Å². The highest BCUT2D eigenvalue weighted by Crippen LogP contribution is 2.22. The highest BCUT2D eigenvalue weighted by molar-refractivity contribution is 7.17. The maximum absolute atomic E-state index is 12.5. The molecule has 1 aromatic carbocycles. The molecule has 0 radical (unpaired) electrons. The number of benzene rings is 1. The fraction of sp³-hybridized carbons (Fsp3) is 0.350. The number of hydrogen-bond donors (Lipinski definition) is 0. The largest absolute Gasteiger partial charge is 0.370 e. The number of halogens is 1. The van der Waals surface area contributed by atoms with Gasteiger partial charge in [0.15, 0.2) is 0 Å². The molecule has 1 fully saturated rings. The first-order valence-corrected chi connectivity index (χ1v) is 10.4. The van der Waals surface area contributed by atoms with Crippen LogP contribution >= 0.6 is 22.9 Å². The van der Waals surface area contributed by atoms with Gasteiger partial charge in [-0.15, -0.1) is 11.3 Å². The number of morpholine rings is 1. The van der Waals surface area contributed by atoms with Gasteiger partial charge >= 0.3 is 0 Å². The summed E-state index contributed by atoms with van der Waals surface area (Å²) < 4.78 is 11.2. The van der Waals surface area contributed by atoms with Crippen LogP contribution in [0.15, 0.2) is 41.4 Å². The van der Waals surface area contributed by atoms with Crippen LogP contribution in [0.3, 0.4) is 0 Å². The van der Waals surface area contributed by atoms with E-state index in [1.165, 1.54) is 11.3 Å². The zero-order chi connectivity index (χ0) is 20.6. The van der Waals surface area contributed by atoms with Crippen molar-refractivity contribution in [1.29, 1.82) is 0 Å². The molecule has 154 valence electrons. The average Bonchev–Trinajstić information content (AvgIpc) is 3.14. The number of thiophene rings is 1. The fourth-order valence-corrected chi connectivity index (χ4v) is 3.85. The second-order valence-corrected chi connectivity index (χ2v) is 7.93. The number of nitrogens with zero attached hydrogens (tertiary/aromatic N) is 3. The molecule has 0 saturated carbocycles. The molecule has 0 atom stereocenters. The molecule has 2 heterocycles. The van der Waals surface area contributed by atoms with Gasteiger partial charge < -0.3 is 19.3 Å². The number of amides is 2. The first kappa shape index (κ1) is 21.4. The van der Waals surface area contributed by atoms with Gasteiger partial charge in [0.2, 0.25) is 0 Å². The third-order valence-corrected chi connectivity index (χ3v) is 5.45. The van der Waals surface area contributed by atoms with Gasteiger partial charge in [-0.2, -0.15) is 0 Å². The number of hydrogen-bond acceptors (Lipinski definition) is 6. The van der Waals surface area contributed by atoms with Gasteiger partial charge in [-0.05, 0) is 43.3 Å². The Morgan fingerprint density at radius 3 is 2.79 bits per heavy atom. The van der Waals surface area contributed by atoms with E-state index in [0.717, 1.165) is 16.3 Å². The lowest BCUT2D eigenvalue weighted by atomic mass is 10.2. The summed E-state index contributed by atoms with van der Waals surface area (Å²) >= 11 is 7.29. The highest BCUT2D eigenvalue weighted by Gasteiger charge is 2.21. The minimum absolute atomic E-state index is 0.0637. The molecule has 2 amide bonds. The fourth-order valence-electron chi connectivity index (χ4n) is 2.89. The van der Waals surface area contributed by atoms with Crippen LogP contribution in [0.1, 0.15) is 11.8 Å². The Morgan fingerprint density at radius 1 is 1.34 bits per heavy atom. The molecule has 0 N–H and O–H groups in total. The lowest BCUT2D eigenvalue weighted by Crippen LogP contribution is -2.41. The van der Waals surface area contributed by atoms with Crippen molar-refractivity contribution in [1.82, 2.24) is 0 Å². The Labute approximate surface area is 178 Å². The molecule has 7 nitrogen and oxygen atoms in total. The number of carbonyl (C=O) groups excluding carboxylic acids is 2. The molecule has 3 rings (SSSR count). The third-order valence-electron chi connectivity index (χ3n) is 4.28. The van der Waals surface area contributed by atoms with Crippen molar-refractivity contribution in [3.8, 4) is 0 Å². The van der Waals surface area contributed by atoms with Crippen LogP contribution in [-0.2, 0) is 19.1 Å². The van der Waals surface area contributed by atoms with E-state index >= 15 is 0 Å². The summed E-state index contributed by atoms with van der Waals surface area (Å²) in [7, 11) is 0. The van der Waals surface area contributed by atoms with E-state index in [1.54, 1.807) is 22.1 Å². The first-order chi connectivity index (χ1) is 14.1. The van der Waals surface area contributed by atoms with Crippen LogP contribution in [0.4, 0.5) is 11.4 Å². The number of likely N-dealkylation sites (N-methyl/N-ethyl adjacent to an activating group) is 1. The second kappa shape index (κ2) is 10.5. The minimum Gasteiger partial charge on any atom is -0.370 e. The number of ether oxygens (including phenoxy) is 2. The van der Waals surface area contributed by atoms with Crippen LogP contribution in [0.2, 0.25) is 4.34 Å². The standard InChI is InChI=1S/C20H22ClN3O4S/c1-2-23(19(25)13-28-14-22-11-17-7-8-18(21)29-17)15-3-5-16(6-4-15)24-9-10-27-12-20(24)26/h3-8,11H,2,9-10,12-14H2,1H3/b22-11+. The van der Waals surface area contributed by atoms with Crippen LogP contribution in [0, 0.1) is 0 Å². The molecule has 9 heteroatoms. The van der Waals surface area contributed by atoms with E-state index in [9.17, 15) is 9.59 Å². The van der Waals surface area contributed by atoms with Crippen LogP contribution in [0.5, 0.6) is 0 Å². The van der Waals surface area contributed by atoms with Crippen LogP contribution in [0.25, 0.3) is 0 Å². The summed E-state index contributed by atoms with van der Waals surface area (Å²) in [6.45, 7) is 3.58. The molecule has 2 aromatic rings. The summed E-state index contributed by atoms with van der Waals surface area (Å²) in [5, 5.41) is 0. The molecule has 1 aliphatic rings. The van der Waals surface area contributed by atoms with Gasteiger partial charge in [0, 0.05) is 35.6 Å². The Kier molecular flexibility index (Phi) is 7.76. The summed E-state index contributed by atoms with van der Waals surface area (Å²) in [6, 6.07) is 11.0. The van der Waals surface area contributed by atoms with Crippen molar-refractivity contribution in [3.05, 3.63) is 45.6 Å². The highest BCUT2D eigenvalue weighted by atomic mass is 35.5. The van der Waals surface area contributed by atoms with E-state index in [1.807, 2.05) is 37.3 Å². The molecule has 1 saturated heterocycles.